The number of hydrogen-bond donors (Lipinski definition) is 0. The van der Waals surface area contributed by atoms with Crippen molar-refractivity contribution in [2.24, 2.45) is 7.05 Å². The summed E-state index contributed by atoms with van der Waals surface area (Å²) in [5, 5.41) is 0. The van der Waals surface area contributed by atoms with Gasteiger partial charge in [-0.15, -0.1) is 0 Å². The molecule has 0 saturated carbocycles. The molecule has 2 fully saturated rings. The summed E-state index contributed by atoms with van der Waals surface area (Å²) < 4.78 is 19.6. The van der Waals surface area contributed by atoms with Gasteiger partial charge in [-0.05, 0) is 12.1 Å². The molecule has 1 spiro atoms. The zero-order valence-corrected chi connectivity index (χ0v) is 16.1. The largest absolute Gasteiger partial charge is 0.484 e. The normalized spacial score (nSPS) is 23.1. The topological polar surface area (TPSA) is 69.1 Å². The van der Waals surface area contributed by atoms with E-state index in [1.54, 1.807) is 11.2 Å². The quantitative estimate of drug-likeness (QED) is 0.760. The molecule has 2 aliphatic heterocycles. The fourth-order valence-electron chi connectivity index (χ4n) is 3.63. The van der Waals surface area contributed by atoms with Gasteiger partial charge >= 0.3 is 0 Å². The van der Waals surface area contributed by atoms with E-state index < -0.39 is 5.79 Å². The second-order valence-electron chi connectivity index (χ2n) is 7.23. The van der Waals surface area contributed by atoms with Crippen molar-refractivity contribution < 1.29 is 19.0 Å². The van der Waals surface area contributed by atoms with Crippen LogP contribution >= 0.6 is 0 Å². The Kier molecular flexibility index (Phi) is 5.61. The minimum Gasteiger partial charge on any atom is -0.484 e. The highest BCUT2D eigenvalue weighted by Gasteiger charge is 2.43. The molecule has 1 atom stereocenters. The van der Waals surface area contributed by atoms with Gasteiger partial charge in [0.05, 0.1) is 38.3 Å². The Bertz CT molecular complexity index is 793. The average molecular weight is 386 g/mol. The number of rotatable bonds is 5. The summed E-state index contributed by atoms with van der Waals surface area (Å²) in [7, 11) is 1.99. The Balaban J connectivity index is 1.35. The maximum atomic E-state index is 12.6. The van der Waals surface area contributed by atoms with Gasteiger partial charge in [0.2, 0.25) is 0 Å². The second kappa shape index (κ2) is 8.30. The highest BCUT2D eigenvalue weighted by Crippen LogP contribution is 2.25. The minimum atomic E-state index is -0.780. The maximum absolute atomic E-state index is 12.6. The van der Waals surface area contributed by atoms with Crippen LogP contribution in [0.25, 0.3) is 0 Å². The van der Waals surface area contributed by atoms with E-state index >= 15 is 0 Å². The van der Waals surface area contributed by atoms with Crippen molar-refractivity contribution in [3.8, 4) is 5.75 Å². The van der Waals surface area contributed by atoms with Crippen LogP contribution in [0.1, 0.15) is 5.69 Å². The number of hydrogen-bond acceptors (Lipinski definition) is 6. The van der Waals surface area contributed by atoms with E-state index in [0.717, 1.165) is 18.8 Å². The number of amides is 1. The Morgan fingerprint density at radius 3 is 2.71 bits per heavy atom. The van der Waals surface area contributed by atoms with Crippen LogP contribution in [0.15, 0.2) is 42.9 Å². The molecule has 2 saturated heterocycles. The van der Waals surface area contributed by atoms with Crippen LogP contribution < -0.4 is 4.74 Å². The van der Waals surface area contributed by atoms with Crippen molar-refractivity contribution in [2.45, 2.75) is 12.3 Å². The van der Waals surface area contributed by atoms with Gasteiger partial charge < -0.3 is 23.7 Å². The summed E-state index contributed by atoms with van der Waals surface area (Å²) in [6, 6.07) is 9.37. The molecule has 4 rings (SSSR count). The molecule has 0 N–H and O–H groups in total. The Labute approximate surface area is 164 Å². The molecule has 28 heavy (non-hydrogen) atoms. The number of morpholine rings is 2. The second-order valence-corrected chi connectivity index (χ2v) is 7.23. The molecule has 8 heteroatoms. The molecule has 8 nitrogen and oxygen atoms in total. The van der Waals surface area contributed by atoms with Crippen LogP contribution in [-0.2, 0) is 27.9 Å². The van der Waals surface area contributed by atoms with Crippen LogP contribution in [0, 0.1) is 0 Å². The van der Waals surface area contributed by atoms with Crippen molar-refractivity contribution in [2.75, 3.05) is 46.0 Å². The Hall–Kier alpha value is -2.42. The smallest absolute Gasteiger partial charge is 0.260 e. The fraction of sp³-hybridized carbons (Fsp3) is 0.500. The first-order chi connectivity index (χ1) is 13.6. The van der Waals surface area contributed by atoms with Gasteiger partial charge in [0.15, 0.2) is 12.4 Å². The predicted octanol–water partition coefficient (Wildman–Crippen LogP) is 0.886. The summed E-state index contributed by atoms with van der Waals surface area (Å²) in [5.74, 6) is -0.147. The van der Waals surface area contributed by atoms with E-state index in [4.69, 9.17) is 14.2 Å². The van der Waals surface area contributed by atoms with Gasteiger partial charge in [0, 0.05) is 32.9 Å². The summed E-state index contributed by atoms with van der Waals surface area (Å²) in [6.07, 6.45) is 3.68. The van der Waals surface area contributed by atoms with Crippen molar-refractivity contribution >= 4 is 5.91 Å². The maximum Gasteiger partial charge on any atom is 0.260 e. The number of aryl methyl sites for hydroxylation is 1. The zero-order chi connectivity index (χ0) is 19.4. The SMILES string of the molecule is Cn1cncc1CN1CCOC2(C1)CN(C(=O)COc1ccccc1)CCO2. The molecule has 2 aliphatic rings. The number of benzene rings is 1. The molecular weight excluding hydrogens is 360 g/mol. The van der Waals surface area contributed by atoms with Crippen LogP contribution in [0.2, 0.25) is 0 Å². The third-order valence-corrected chi connectivity index (χ3v) is 5.16. The van der Waals surface area contributed by atoms with E-state index in [1.807, 2.05) is 48.1 Å². The first kappa shape index (κ1) is 18.9. The van der Waals surface area contributed by atoms with Gasteiger partial charge in [0.1, 0.15) is 5.75 Å². The highest BCUT2D eigenvalue weighted by atomic mass is 16.7. The lowest BCUT2D eigenvalue weighted by Crippen LogP contribution is -2.63. The van der Waals surface area contributed by atoms with Crippen LogP contribution in [0.5, 0.6) is 5.75 Å². The van der Waals surface area contributed by atoms with Crippen LogP contribution in [-0.4, -0.2) is 77.0 Å². The molecular formula is C20H26N4O4. The standard InChI is InChI=1S/C20H26N4O4/c1-22-16-21-11-17(22)12-23-7-9-27-20(14-23)15-24(8-10-28-20)19(25)13-26-18-5-3-2-4-6-18/h2-6,11,16H,7-10,12-15H2,1H3. The summed E-state index contributed by atoms with van der Waals surface area (Å²) in [6.45, 7) is 4.20. The van der Waals surface area contributed by atoms with Gasteiger partial charge in [-0.1, -0.05) is 18.2 Å². The number of imidazole rings is 1. The lowest BCUT2D eigenvalue weighted by atomic mass is 10.1. The molecule has 150 valence electrons. The Morgan fingerprint density at radius 1 is 1.18 bits per heavy atom. The third kappa shape index (κ3) is 4.35. The fourth-order valence-corrected chi connectivity index (χ4v) is 3.63. The van der Waals surface area contributed by atoms with Crippen LogP contribution in [0.3, 0.4) is 0 Å². The molecule has 0 radical (unpaired) electrons. The average Bonchev–Trinajstić information content (AvgIpc) is 3.11. The van der Waals surface area contributed by atoms with Gasteiger partial charge in [-0.25, -0.2) is 4.98 Å². The Morgan fingerprint density at radius 2 is 1.96 bits per heavy atom. The third-order valence-electron chi connectivity index (χ3n) is 5.16. The number of aromatic nitrogens is 2. The summed E-state index contributed by atoms with van der Waals surface area (Å²) >= 11 is 0. The molecule has 0 bridgehead atoms. The molecule has 1 aromatic heterocycles. The summed E-state index contributed by atoms with van der Waals surface area (Å²) in [4.78, 5) is 20.9. The van der Waals surface area contributed by atoms with E-state index in [1.165, 1.54) is 0 Å². The van der Waals surface area contributed by atoms with Gasteiger partial charge in [-0.3, -0.25) is 9.69 Å². The van der Waals surface area contributed by atoms with Crippen molar-refractivity contribution in [3.05, 3.63) is 48.5 Å². The molecule has 2 aromatic rings. The number of ether oxygens (including phenoxy) is 3. The highest BCUT2D eigenvalue weighted by molar-refractivity contribution is 5.78. The number of carbonyl (C=O) groups excluding carboxylic acids is 1. The van der Waals surface area contributed by atoms with E-state index in [2.05, 4.69) is 9.88 Å². The molecule has 1 amide bonds. The van der Waals surface area contributed by atoms with Gasteiger partial charge in [0.25, 0.3) is 5.91 Å². The number of carbonyl (C=O) groups is 1. The van der Waals surface area contributed by atoms with Crippen molar-refractivity contribution in [1.29, 1.82) is 0 Å². The van der Waals surface area contributed by atoms with E-state index in [9.17, 15) is 4.79 Å². The molecule has 1 unspecified atom stereocenters. The predicted molar refractivity (Wildman–Crippen MR) is 102 cm³/mol. The first-order valence-corrected chi connectivity index (χ1v) is 9.55. The first-order valence-electron chi connectivity index (χ1n) is 9.55. The minimum absolute atomic E-state index is 0.0127. The lowest BCUT2D eigenvalue weighted by molar-refractivity contribution is -0.290. The van der Waals surface area contributed by atoms with E-state index in [-0.39, 0.29) is 12.5 Å². The van der Waals surface area contributed by atoms with Crippen LogP contribution in [0.4, 0.5) is 0 Å². The molecule has 3 heterocycles. The lowest BCUT2D eigenvalue weighted by Gasteiger charge is -2.47. The zero-order valence-electron chi connectivity index (χ0n) is 16.1. The monoisotopic (exact) mass is 386 g/mol. The molecule has 0 aliphatic carbocycles. The van der Waals surface area contributed by atoms with Crippen molar-refractivity contribution in [3.63, 3.8) is 0 Å². The van der Waals surface area contributed by atoms with Gasteiger partial charge in [-0.2, -0.15) is 0 Å². The summed E-state index contributed by atoms with van der Waals surface area (Å²) in [5.41, 5.74) is 1.14. The molecule has 1 aromatic carbocycles. The van der Waals surface area contributed by atoms with Crippen molar-refractivity contribution in [1.82, 2.24) is 19.4 Å². The van der Waals surface area contributed by atoms with E-state index in [0.29, 0.717) is 38.6 Å². The number of para-hydroxylation sites is 1. The number of nitrogens with zero attached hydrogens (tertiary/aromatic N) is 4.